The molecular formula is C17H17N5O. The fraction of sp³-hybridized carbons (Fsp3) is 0.235. The highest BCUT2D eigenvalue weighted by atomic mass is 16.1. The molecule has 2 heterocycles. The molecule has 0 unspecified atom stereocenters. The van der Waals surface area contributed by atoms with E-state index in [1.54, 1.807) is 11.0 Å². The molecule has 1 amide bonds. The van der Waals surface area contributed by atoms with Crippen LogP contribution in [-0.4, -0.2) is 34.0 Å². The van der Waals surface area contributed by atoms with Crippen molar-refractivity contribution in [3.63, 3.8) is 0 Å². The van der Waals surface area contributed by atoms with Gasteiger partial charge in [0.2, 0.25) is 0 Å². The quantitative estimate of drug-likeness (QED) is 0.777. The van der Waals surface area contributed by atoms with Gasteiger partial charge in [0.1, 0.15) is 0 Å². The molecule has 0 spiro atoms. The SMILES string of the molecule is Cc1ccc(C(=O)Nc2cnn(C3CNC3)n2)c2ccccc12. The van der Waals surface area contributed by atoms with Crippen molar-refractivity contribution in [2.45, 2.75) is 13.0 Å². The third-order valence-corrected chi connectivity index (χ3v) is 4.22. The maximum absolute atomic E-state index is 12.6. The fourth-order valence-corrected chi connectivity index (χ4v) is 2.78. The first kappa shape index (κ1) is 13.9. The van der Waals surface area contributed by atoms with E-state index in [4.69, 9.17) is 0 Å². The monoisotopic (exact) mass is 307 g/mol. The van der Waals surface area contributed by atoms with Crippen molar-refractivity contribution >= 4 is 22.5 Å². The number of aryl methyl sites for hydroxylation is 1. The summed E-state index contributed by atoms with van der Waals surface area (Å²) in [6.45, 7) is 3.78. The topological polar surface area (TPSA) is 71.8 Å². The number of fused-ring (bicyclic) bond motifs is 1. The van der Waals surface area contributed by atoms with Gasteiger partial charge in [-0.1, -0.05) is 30.3 Å². The second kappa shape index (κ2) is 5.48. The first-order valence-electron chi connectivity index (χ1n) is 7.64. The summed E-state index contributed by atoms with van der Waals surface area (Å²) in [5.74, 6) is 0.312. The average Bonchev–Trinajstić information content (AvgIpc) is 2.94. The van der Waals surface area contributed by atoms with Crippen LogP contribution in [0.4, 0.5) is 5.82 Å². The van der Waals surface area contributed by atoms with Crippen molar-refractivity contribution in [1.29, 1.82) is 0 Å². The Morgan fingerprint density at radius 2 is 2.00 bits per heavy atom. The van der Waals surface area contributed by atoms with Crippen LogP contribution >= 0.6 is 0 Å². The molecule has 0 bridgehead atoms. The number of nitrogens with zero attached hydrogens (tertiary/aromatic N) is 3. The number of carbonyl (C=O) groups excluding carboxylic acids is 1. The molecule has 1 aromatic heterocycles. The van der Waals surface area contributed by atoms with Gasteiger partial charge in [0, 0.05) is 18.7 Å². The smallest absolute Gasteiger partial charge is 0.257 e. The van der Waals surface area contributed by atoms with E-state index in [9.17, 15) is 4.79 Å². The summed E-state index contributed by atoms with van der Waals surface area (Å²) in [5.41, 5.74) is 1.80. The zero-order valence-electron chi connectivity index (χ0n) is 12.8. The van der Waals surface area contributed by atoms with Crippen LogP contribution in [0.3, 0.4) is 0 Å². The van der Waals surface area contributed by atoms with E-state index in [-0.39, 0.29) is 11.9 Å². The lowest BCUT2D eigenvalue weighted by Crippen LogP contribution is -2.44. The van der Waals surface area contributed by atoms with Crippen molar-refractivity contribution in [2.24, 2.45) is 0 Å². The maximum Gasteiger partial charge on any atom is 0.257 e. The average molecular weight is 307 g/mol. The molecule has 1 aliphatic heterocycles. The van der Waals surface area contributed by atoms with Gasteiger partial charge >= 0.3 is 0 Å². The molecule has 6 nitrogen and oxygen atoms in total. The molecule has 116 valence electrons. The Kier molecular flexibility index (Phi) is 3.31. The van der Waals surface area contributed by atoms with Crippen LogP contribution in [0.15, 0.2) is 42.6 Å². The van der Waals surface area contributed by atoms with E-state index in [2.05, 4.69) is 20.8 Å². The van der Waals surface area contributed by atoms with Gasteiger partial charge in [-0.15, -0.1) is 5.10 Å². The number of hydrogen-bond acceptors (Lipinski definition) is 4. The largest absolute Gasteiger partial charge is 0.312 e. The number of carbonyl (C=O) groups is 1. The number of amides is 1. The number of aromatic nitrogens is 3. The molecule has 0 aliphatic carbocycles. The number of hydrogen-bond donors (Lipinski definition) is 2. The Labute approximate surface area is 133 Å². The second-order valence-corrected chi connectivity index (χ2v) is 5.79. The number of rotatable bonds is 3. The van der Waals surface area contributed by atoms with Crippen LogP contribution in [-0.2, 0) is 0 Å². The Morgan fingerprint density at radius 3 is 2.74 bits per heavy atom. The van der Waals surface area contributed by atoms with E-state index in [0.717, 1.165) is 29.4 Å². The second-order valence-electron chi connectivity index (χ2n) is 5.79. The van der Waals surface area contributed by atoms with Crippen LogP contribution in [0.2, 0.25) is 0 Å². The fourth-order valence-electron chi connectivity index (χ4n) is 2.78. The third-order valence-electron chi connectivity index (χ3n) is 4.22. The highest BCUT2D eigenvalue weighted by Gasteiger charge is 2.21. The standard InChI is InChI=1S/C17H17N5O/c1-11-6-7-15(14-5-3-2-4-13(11)14)17(23)20-16-10-19-22(21-16)12-8-18-9-12/h2-7,10,12,18H,8-9H2,1H3,(H,20,21,23). The molecule has 4 rings (SSSR count). The predicted octanol–water partition coefficient (Wildman–Crippen LogP) is 2.14. The summed E-state index contributed by atoms with van der Waals surface area (Å²) in [6, 6.07) is 12.0. The Morgan fingerprint density at radius 1 is 1.22 bits per heavy atom. The zero-order valence-corrected chi connectivity index (χ0v) is 12.8. The maximum atomic E-state index is 12.6. The predicted molar refractivity (Wildman–Crippen MR) is 88.6 cm³/mol. The lowest BCUT2D eigenvalue weighted by molar-refractivity contribution is 0.102. The number of anilines is 1. The van der Waals surface area contributed by atoms with Gasteiger partial charge in [-0.25, -0.2) is 0 Å². The molecule has 3 aromatic rings. The third kappa shape index (κ3) is 2.47. The highest BCUT2D eigenvalue weighted by molar-refractivity contribution is 6.13. The minimum atomic E-state index is -0.167. The summed E-state index contributed by atoms with van der Waals surface area (Å²) in [4.78, 5) is 14.3. The van der Waals surface area contributed by atoms with Gasteiger partial charge in [0.15, 0.2) is 5.82 Å². The number of nitrogens with one attached hydrogen (secondary N) is 2. The van der Waals surface area contributed by atoms with Gasteiger partial charge in [-0.3, -0.25) is 4.79 Å². The van der Waals surface area contributed by atoms with Gasteiger partial charge in [0.25, 0.3) is 5.91 Å². The molecule has 1 aliphatic rings. The molecular weight excluding hydrogens is 290 g/mol. The van der Waals surface area contributed by atoms with Crippen LogP contribution < -0.4 is 10.6 Å². The molecule has 0 atom stereocenters. The van der Waals surface area contributed by atoms with E-state index in [1.807, 2.05) is 43.3 Å². The summed E-state index contributed by atoms with van der Waals surface area (Å²) >= 11 is 0. The molecule has 23 heavy (non-hydrogen) atoms. The van der Waals surface area contributed by atoms with E-state index in [0.29, 0.717) is 11.4 Å². The van der Waals surface area contributed by atoms with Crippen LogP contribution in [0, 0.1) is 6.92 Å². The van der Waals surface area contributed by atoms with Crippen molar-refractivity contribution in [3.05, 3.63) is 53.7 Å². The minimum absolute atomic E-state index is 0.167. The lowest BCUT2D eigenvalue weighted by Gasteiger charge is -2.25. The lowest BCUT2D eigenvalue weighted by atomic mass is 10.00. The normalized spacial score (nSPS) is 14.7. The van der Waals surface area contributed by atoms with Crippen molar-refractivity contribution < 1.29 is 4.79 Å². The molecule has 2 aromatic carbocycles. The summed E-state index contributed by atoms with van der Waals surface area (Å²) in [7, 11) is 0. The molecule has 2 N–H and O–H groups in total. The van der Waals surface area contributed by atoms with Crippen molar-refractivity contribution in [1.82, 2.24) is 20.3 Å². The Bertz CT molecular complexity index is 882. The highest BCUT2D eigenvalue weighted by Crippen LogP contribution is 2.23. The molecule has 0 saturated carbocycles. The zero-order chi connectivity index (χ0) is 15.8. The van der Waals surface area contributed by atoms with Crippen LogP contribution in [0.5, 0.6) is 0 Å². The van der Waals surface area contributed by atoms with Gasteiger partial charge < -0.3 is 10.6 Å². The molecule has 1 fully saturated rings. The Hall–Kier alpha value is -2.73. The summed E-state index contributed by atoms with van der Waals surface area (Å²) in [6.07, 6.45) is 1.59. The Balaban J connectivity index is 1.62. The molecule has 6 heteroatoms. The van der Waals surface area contributed by atoms with E-state index >= 15 is 0 Å². The first-order valence-corrected chi connectivity index (χ1v) is 7.64. The van der Waals surface area contributed by atoms with Crippen molar-refractivity contribution in [3.8, 4) is 0 Å². The van der Waals surface area contributed by atoms with Crippen LogP contribution in [0.1, 0.15) is 22.0 Å². The van der Waals surface area contributed by atoms with E-state index in [1.165, 1.54) is 0 Å². The van der Waals surface area contributed by atoms with Gasteiger partial charge in [-0.2, -0.15) is 9.90 Å². The van der Waals surface area contributed by atoms with Gasteiger partial charge in [0.05, 0.1) is 12.2 Å². The van der Waals surface area contributed by atoms with Crippen LogP contribution in [0.25, 0.3) is 10.8 Å². The number of benzene rings is 2. The van der Waals surface area contributed by atoms with Gasteiger partial charge in [-0.05, 0) is 29.3 Å². The summed E-state index contributed by atoms with van der Waals surface area (Å²) < 4.78 is 0. The molecule has 0 radical (unpaired) electrons. The first-order chi connectivity index (χ1) is 11.2. The summed E-state index contributed by atoms with van der Waals surface area (Å²) in [5, 5.41) is 16.6. The van der Waals surface area contributed by atoms with E-state index < -0.39 is 0 Å². The van der Waals surface area contributed by atoms with Crippen molar-refractivity contribution in [2.75, 3.05) is 18.4 Å². The molecule has 1 saturated heterocycles. The minimum Gasteiger partial charge on any atom is -0.312 e.